The molecule has 0 heterocycles. The summed E-state index contributed by atoms with van der Waals surface area (Å²) in [5.74, 6) is 0.562. The van der Waals surface area contributed by atoms with E-state index in [4.69, 9.17) is 4.74 Å². The van der Waals surface area contributed by atoms with Crippen molar-refractivity contribution in [3.05, 3.63) is 29.8 Å². The Hall–Kier alpha value is -2.38. The third kappa shape index (κ3) is 5.33. The van der Waals surface area contributed by atoms with Gasteiger partial charge in [0.2, 0.25) is 5.91 Å². The molecule has 2 aliphatic rings. The lowest BCUT2D eigenvalue weighted by Crippen LogP contribution is -2.47. The summed E-state index contributed by atoms with van der Waals surface area (Å²) in [7, 11) is 3.39. The summed E-state index contributed by atoms with van der Waals surface area (Å²) in [5.41, 5.74) is 0. The third-order valence-corrected chi connectivity index (χ3v) is 5.48. The molecule has 154 valence electrons. The van der Waals surface area contributed by atoms with Crippen molar-refractivity contribution >= 4 is 11.9 Å². The molecule has 3 unspecified atom stereocenters. The van der Waals surface area contributed by atoms with Crippen LogP contribution in [-0.2, 0) is 4.79 Å². The first-order valence-electron chi connectivity index (χ1n) is 9.75. The van der Waals surface area contributed by atoms with Crippen LogP contribution < -0.4 is 15.4 Å². The minimum absolute atomic E-state index is 0.00513. The number of ether oxygens (including phenoxy) is 1. The SMILES string of the molecule is CN(C)C(=O)CN=C(NCCOc1ccc(F)cc1F)NC1CC2CCC1C2. The summed E-state index contributed by atoms with van der Waals surface area (Å²) in [6.07, 6.45) is 4.93. The minimum atomic E-state index is -0.731. The van der Waals surface area contributed by atoms with Crippen molar-refractivity contribution in [1.29, 1.82) is 0 Å². The summed E-state index contributed by atoms with van der Waals surface area (Å²) in [6, 6.07) is 3.58. The zero-order valence-corrected chi connectivity index (χ0v) is 16.4. The number of fused-ring (bicyclic) bond motifs is 2. The minimum Gasteiger partial charge on any atom is -0.489 e. The van der Waals surface area contributed by atoms with Gasteiger partial charge in [-0.25, -0.2) is 13.8 Å². The molecule has 1 amide bonds. The third-order valence-electron chi connectivity index (χ3n) is 5.48. The molecule has 2 bridgehead atoms. The number of hydrogen-bond acceptors (Lipinski definition) is 3. The molecule has 8 heteroatoms. The molecule has 3 atom stereocenters. The molecule has 2 N–H and O–H groups in total. The van der Waals surface area contributed by atoms with E-state index in [1.165, 1.54) is 30.2 Å². The molecule has 6 nitrogen and oxygen atoms in total. The predicted octanol–water partition coefficient (Wildman–Crippen LogP) is 2.16. The van der Waals surface area contributed by atoms with Crippen LogP contribution in [0.3, 0.4) is 0 Å². The fraction of sp³-hybridized carbons (Fsp3) is 0.600. The van der Waals surface area contributed by atoms with Gasteiger partial charge >= 0.3 is 0 Å². The van der Waals surface area contributed by atoms with Gasteiger partial charge in [-0.05, 0) is 43.2 Å². The lowest BCUT2D eigenvalue weighted by atomic mass is 9.95. The Balaban J connectivity index is 1.52. The second-order valence-corrected chi connectivity index (χ2v) is 7.73. The number of likely N-dealkylation sites (N-methyl/N-ethyl adjacent to an activating group) is 1. The Morgan fingerprint density at radius 3 is 2.75 bits per heavy atom. The molecule has 28 heavy (non-hydrogen) atoms. The van der Waals surface area contributed by atoms with E-state index in [1.54, 1.807) is 14.1 Å². The number of benzene rings is 1. The molecule has 0 aliphatic heterocycles. The van der Waals surface area contributed by atoms with E-state index in [2.05, 4.69) is 15.6 Å². The standard InChI is InChI=1S/C20H28F2N4O2/c1-26(2)19(27)12-24-20(25-17-10-13-3-4-14(17)9-13)23-7-8-28-18-6-5-15(21)11-16(18)22/h5-6,11,13-14,17H,3-4,7-10,12H2,1-2H3,(H2,23,24,25). The molecule has 0 aromatic heterocycles. The number of carbonyl (C=O) groups is 1. The topological polar surface area (TPSA) is 66.0 Å². The highest BCUT2D eigenvalue weighted by Gasteiger charge is 2.39. The van der Waals surface area contributed by atoms with Crippen LogP contribution in [0.5, 0.6) is 5.75 Å². The molecular weight excluding hydrogens is 366 g/mol. The van der Waals surface area contributed by atoms with Crippen LogP contribution in [0.15, 0.2) is 23.2 Å². The lowest BCUT2D eigenvalue weighted by Gasteiger charge is -2.25. The van der Waals surface area contributed by atoms with Crippen LogP contribution in [-0.4, -0.2) is 56.6 Å². The van der Waals surface area contributed by atoms with Crippen molar-refractivity contribution in [3.63, 3.8) is 0 Å². The van der Waals surface area contributed by atoms with Crippen LogP contribution in [0, 0.1) is 23.5 Å². The fourth-order valence-electron chi connectivity index (χ4n) is 3.96. The maximum Gasteiger partial charge on any atom is 0.243 e. The smallest absolute Gasteiger partial charge is 0.243 e. The zero-order valence-electron chi connectivity index (χ0n) is 16.4. The van der Waals surface area contributed by atoms with Crippen LogP contribution in [0.1, 0.15) is 25.7 Å². The highest BCUT2D eigenvalue weighted by molar-refractivity contribution is 5.85. The summed E-state index contributed by atoms with van der Waals surface area (Å²) in [5, 5.41) is 6.60. The molecule has 3 rings (SSSR count). The molecule has 2 aliphatic carbocycles. The number of aliphatic imine (C=N–C) groups is 1. The van der Waals surface area contributed by atoms with Gasteiger partial charge in [0.15, 0.2) is 17.5 Å². The zero-order chi connectivity index (χ0) is 20.1. The normalized spacial score (nSPS) is 23.6. The number of amides is 1. The Bertz CT molecular complexity index is 726. The van der Waals surface area contributed by atoms with Gasteiger partial charge in [-0.2, -0.15) is 0 Å². The van der Waals surface area contributed by atoms with Crippen molar-refractivity contribution in [3.8, 4) is 5.75 Å². The molecule has 1 aromatic rings. The second kappa shape index (κ2) is 9.21. The van der Waals surface area contributed by atoms with Gasteiger partial charge in [0.05, 0.1) is 6.54 Å². The number of carbonyl (C=O) groups excluding carboxylic acids is 1. The summed E-state index contributed by atoms with van der Waals surface area (Å²) in [4.78, 5) is 17.7. The first-order chi connectivity index (χ1) is 13.4. The van der Waals surface area contributed by atoms with Gasteiger partial charge in [-0.15, -0.1) is 0 Å². The van der Waals surface area contributed by atoms with Crippen molar-refractivity contribution in [2.24, 2.45) is 16.8 Å². The molecule has 2 fully saturated rings. The van der Waals surface area contributed by atoms with Gasteiger partial charge in [-0.1, -0.05) is 6.42 Å². The van der Waals surface area contributed by atoms with Crippen molar-refractivity contribution in [1.82, 2.24) is 15.5 Å². The largest absolute Gasteiger partial charge is 0.489 e. The van der Waals surface area contributed by atoms with Crippen LogP contribution in [0.2, 0.25) is 0 Å². The molecular formula is C20H28F2N4O2. The number of halogens is 2. The van der Waals surface area contributed by atoms with Gasteiger partial charge in [-0.3, -0.25) is 4.79 Å². The van der Waals surface area contributed by atoms with Gasteiger partial charge in [0.1, 0.15) is 19.0 Å². The lowest BCUT2D eigenvalue weighted by molar-refractivity contribution is -0.127. The number of nitrogens with one attached hydrogen (secondary N) is 2. The van der Waals surface area contributed by atoms with E-state index < -0.39 is 11.6 Å². The van der Waals surface area contributed by atoms with Gasteiger partial charge in [0, 0.05) is 26.2 Å². The van der Waals surface area contributed by atoms with E-state index in [9.17, 15) is 13.6 Å². The van der Waals surface area contributed by atoms with Crippen molar-refractivity contribution in [2.45, 2.75) is 31.7 Å². The number of rotatable bonds is 7. The number of nitrogens with zero attached hydrogens (tertiary/aromatic N) is 2. The van der Waals surface area contributed by atoms with E-state index in [0.717, 1.165) is 24.5 Å². The van der Waals surface area contributed by atoms with E-state index in [-0.39, 0.29) is 24.8 Å². The predicted molar refractivity (Wildman–Crippen MR) is 103 cm³/mol. The number of guanidine groups is 1. The monoisotopic (exact) mass is 394 g/mol. The van der Waals surface area contributed by atoms with Gasteiger partial charge < -0.3 is 20.3 Å². The van der Waals surface area contributed by atoms with E-state index >= 15 is 0 Å². The van der Waals surface area contributed by atoms with E-state index in [0.29, 0.717) is 24.5 Å². The Kier molecular flexibility index (Phi) is 6.70. The summed E-state index contributed by atoms with van der Waals surface area (Å²) in [6.45, 7) is 0.609. The Morgan fingerprint density at radius 1 is 1.29 bits per heavy atom. The van der Waals surface area contributed by atoms with Crippen LogP contribution >= 0.6 is 0 Å². The van der Waals surface area contributed by atoms with Crippen LogP contribution in [0.4, 0.5) is 8.78 Å². The second-order valence-electron chi connectivity index (χ2n) is 7.73. The van der Waals surface area contributed by atoms with Crippen molar-refractivity contribution in [2.75, 3.05) is 33.8 Å². The fourth-order valence-corrected chi connectivity index (χ4v) is 3.96. The highest BCUT2D eigenvalue weighted by atomic mass is 19.1. The number of hydrogen-bond donors (Lipinski definition) is 2. The summed E-state index contributed by atoms with van der Waals surface area (Å²) >= 11 is 0. The molecule has 0 saturated heterocycles. The van der Waals surface area contributed by atoms with Crippen LogP contribution in [0.25, 0.3) is 0 Å². The molecule has 2 saturated carbocycles. The Labute approximate surface area is 164 Å². The average molecular weight is 394 g/mol. The maximum atomic E-state index is 13.6. The van der Waals surface area contributed by atoms with E-state index in [1.807, 2.05) is 0 Å². The average Bonchev–Trinajstić information content (AvgIpc) is 3.27. The molecule has 0 radical (unpaired) electrons. The molecule has 1 aromatic carbocycles. The quantitative estimate of drug-likeness (QED) is 0.423. The molecule has 0 spiro atoms. The maximum absolute atomic E-state index is 13.6. The highest BCUT2D eigenvalue weighted by Crippen LogP contribution is 2.44. The van der Waals surface area contributed by atoms with Gasteiger partial charge in [0.25, 0.3) is 0 Å². The van der Waals surface area contributed by atoms with Crippen molar-refractivity contribution < 1.29 is 18.3 Å². The first kappa shape index (κ1) is 20.4. The first-order valence-corrected chi connectivity index (χ1v) is 9.75. The summed E-state index contributed by atoms with van der Waals surface area (Å²) < 4.78 is 31.9. The Morgan fingerprint density at radius 2 is 2.11 bits per heavy atom.